The standard InChI is InChI=1S/C37H43N3O2/c41-34(36-15-22-7-23(16-36)9-24(8-22)17-36)21-38-30-4-1-28(2-5-30)32-13-29-3-6-31(14-33(29)40-32)39-35(42)37-18-25-10-26(19-37)12-27(11-25)20-37/h1-6,13-14,22-27,38,40H,7-12,15-21H2,(H,39,42). The van der Waals surface area contributed by atoms with E-state index in [0.29, 0.717) is 12.3 Å². The van der Waals surface area contributed by atoms with Crippen molar-refractivity contribution in [2.75, 3.05) is 17.2 Å². The Balaban J connectivity index is 0.863. The van der Waals surface area contributed by atoms with Gasteiger partial charge in [-0.05, 0) is 148 Å². The number of nitrogens with one attached hydrogen (secondary N) is 3. The van der Waals surface area contributed by atoms with Gasteiger partial charge in [0.25, 0.3) is 0 Å². The molecule has 11 rings (SSSR count). The normalized spacial score (nSPS) is 37.3. The zero-order valence-corrected chi connectivity index (χ0v) is 24.6. The van der Waals surface area contributed by atoms with Crippen molar-refractivity contribution < 1.29 is 9.59 Å². The van der Waals surface area contributed by atoms with Crippen LogP contribution < -0.4 is 10.6 Å². The number of carbonyl (C=O) groups is 2. The Hall–Kier alpha value is -3.08. The molecule has 1 amide bonds. The van der Waals surface area contributed by atoms with Gasteiger partial charge in [0, 0.05) is 33.4 Å². The van der Waals surface area contributed by atoms with E-state index < -0.39 is 0 Å². The first kappa shape index (κ1) is 25.4. The minimum absolute atomic E-state index is 0.0421. The minimum Gasteiger partial charge on any atom is -0.378 e. The highest BCUT2D eigenvalue weighted by atomic mass is 16.2. The molecule has 2 aromatic carbocycles. The molecule has 0 unspecified atom stereocenters. The lowest BCUT2D eigenvalue weighted by Crippen LogP contribution is -2.51. The van der Waals surface area contributed by atoms with Crippen molar-refractivity contribution in [2.24, 2.45) is 46.3 Å². The minimum atomic E-state index is -0.139. The van der Waals surface area contributed by atoms with Gasteiger partial charge < -0.3 is 15.6 Å². The van der Waals surface area contributed by atoms with Crippen LogP contribution in [0, 0.1) is 46.3 Å². The van der Waals surface area contributed by atoms with E-state index in [4.69, 9.17) is 0 Å². The van der Waals surface area contributed by atoms with E-state index in [1.807, 2.05) is 6.07 Å². The van der Waals surface area contributed by atoms with Crippen LogP contribution in [-0.4, -0.2) is 23.2 Å². The lowest BCUT2D eigenvalue weighted by atomic mass is 9.48. The molecule has 3 N–H and O–H groups in total. The maximum absolute atomic E-state index is 13.6. The Bertz CT molecular complexity index is 1490. The van der Waals surface area contributed by atoms with Crippen molar-refractivity contribution in [3.05, 3.63) is 48.5 Å². The molecule has 8 aliphatic carbocycles. The monoisotopic (exact) mass is 561 g/mol. The Labute approximate surface area is 248 Å². The van der Waals surface area contributed by atoms with E-state index in [0.717, 1.165) is 108 Å². The predicted octanol–water partition coefficient (Wildman–Crippen LogP) is 8.19. The summed E-state index contributed by atoms with van der Waals surface area (Å²) in [5.74, 6) is 5.36. The molecule has 8 bridgehead atoms. The first-order chi connectivity index (χ1) is 20.4. The maximum atomic E-state index is 13.6. The molecule has 0 saturated heterocycles. The Morgan fingerprint density at radius 1 is 0.667 bits per heavy atom. The fraction of sp³-hybridized carbons (Fsp3) is 0.568. The van der Waals surface area contributed by atoms with Crippen molar-refractivity contribution in [1.29, 1.82) is 0 Å². The smallest absolute Gasteiger partial charge is 0.230 e. The molecule has 1 heterocycles. The number of hydrogen-bond acceptors (Lipinski definition) is 3. The molecule has 8 fully saturated rings. The second-order valence-electron chi connectivity index (χ2n) is 15.7. The molecular weight excluding hydrogens is 518 g/mol. The zero-order chi connectivity index (χ0) is 28.1. The summed E-state index contributed by atoms with van der Waals surface area (Å²) in [6.07, 6.45) is 14.8. The molecule has 1 aromatic heterocycles. The number of fused-ring (bicyclic) bond motifs is 1. The Kier molecular flexibility index (Phi) is 5.57. The number of ketones is 1. The lowest BCUT2D eigenvalue weighted by molar-refractivity contribution is -0.142. The summed E-state index contributed by atoms with van der Waals surface area (Å²) in [4.78, 5) is 30.6. The molecule has 0 radical (unpaired) electrons. The molecule has 3 aromatic rings. The molecule has 5 heteroatoms. The topological polar surface area (TPSA) is 74.0 Å². The second kappa shape index (κ2) is 9.21. The van der Waals surface area contributed by atoms with Gasteiger partial charge in [-0.25, -0.2) is 0 Å². The number of amides is 1. The van der Waals surface area contributed by atoms with Gasteiger partial charge >= 0.3 is 0 Å². The number of rotatable bonds is 7. The van der Waals surface area contributed by atoms with Crippen molar-refractivity contribution >= 4 is 34.0 Å². The van der Waals surface area contributed by atoms with Crippen LogP contribution in [0.4, 0.5) is 11.4 Å². The first-order valence-electron chi connectivity index (χ1n) is 16.7. The SMILES string of the molecule is O=C(CNc1ccc(-c2cc3ccc(NC(=O)C45CC6CC(CC(C6)C4)C5)cc3[nH]2)cc1)C12CC3CC(CC(C3)C1)C2. The lowest BCUT2D eigenvalue weighted by Gasteiger charge is -2.56. The third-order valence-electron chi connectivity index (χ3n) is 12.7. The number of aromatic nitrogens is 1. The molecule has 8 aliphatic rings. The van der Waals surface area contributed by atoms with E-state index in [-0.39, 0.29) is 16.7 Å². The largest absolute Gasteiger partial charge is 0.378 e. The second-order valence-corrected chi connectivity index (χ2v) is 15.7. The van der Waals surface area contributed by atoms with E-state index >= 15 is 0 Å². The van der Waals surface area contributed by atoms with E-state index in [1.54, 1.807) is 0 Å². The maximum Gasteiger partial charge on any atom is 0.230 e. The van der Waals surface area contributed by atoms with E-state index in [9.17, 15) is 9.59 Å². The highest BCUT2D eigenvalue weighted by Crippen LogP contribution is 2.61. The van der Waals surface area contributed by atoms with Crippen LogP contribution >= 0.6 is 0 Å². The van der Waals surface area contributed by atoms with Gasteiger partial charge in [0.1, 0.15) is 0 Å². The van der Waals surface area contributed by atoms with Crippen LogP contribution in [0.25, 0.3) is 22.2 Å². The molecular formula is C37H43N3O2. The van der Waals surface area contributed by atoms with Gasteiger partial charge in [-0.1, -0.05) is 18.2 Å². The van der Waals surface area contributed by atoms with Crippen LogP contribution in [0.3, 0.4) is 0 Å². The third-order valence-corrected chi connectivity index (χ3v) is 12.7. The van der Waals surface area contributed by atoms with Gasteiger partial charge in [-0.15, -0.1) is 0 Å². The van der Waals surface area contributed by atoms with Gasteiger partial charge in [-0.3, -0.25) is 9.59 Å². The summed E-state index contributed by atoms with van der Waals surface area (Å²) in [6, 6.07) is 16.8. The van der Waals surface area contributed by atoms with Crippen LogP contribution in [-0.2, 0) is 9.59 Å². The summed E-state index contributed by atoms with van der Waals surface area (Å²) in [5, 5.41) is 7.90. The molecule has 0 atom stereocenters. The number of benzene rings is 2. The van der Waals surface area contributed by atoms with Crippen LogP contribution in [0.15, 0.2) is 48.5 Å². The quantitative estimate of drug-likeness (QED) is 0.272. The van der Waals surface area contributed by atoms with Crippen molar-refractivity contribution in [1.82, 2.24) is 4.98 Å². The highest BCUT2D eigenvalue weighted by molar-refractivity contribution is 5.98. The van der Waals surface area contributed by atoms with E-state index in [1.165, 1.54) is 38.5 Å². The number of carbonyl (C=O) groups excluding carboxylic acids is 2. The Morgan fingerprint density at radius 2 is 1.19 bits per heavy atom. The van der Waals surface area contributed by atoms with Crippen LogP contribution in [0.2, 0.25) is 0 Å². The average Bonchev–Trinajstić information content (AvgIpc) is 3.38. The predicted molar refractivity (Wildman–Crippen MR) is 167 cm³/mol. The van der Waals surface area contributed by atoms with Crippen molar-refractivity contribution in [2.45, 2.75) is 77.0 Å². The summed E-state index contributed by atoms with van der Waals surface area (Å²) >= 11 is 0. The third kappa shape index (κ3) is 4.17. The van der Waals surface area contributed by atoms with Crippen molar-refractivity contribution in [3.63, 3.8) is 0 Å². The molecule has 5 nitrogen and oxygen atoms in total. The molecule has 42 heavy (non-hydrogen) atoms. The van der Waals surface area contributed by atoms with Gasteiger partial charge in [0.2, 0.25) is 5.91 Å². The number of anilines is 2. The molecule has 0 aliphatic heterocycles. The average molecular weight is 562 g/mol. The van der Waals surface area contributed by atoms with Crippen LogP contribution in [0.5, 0.6) is 0 Å². The molecule has 218 valence electrons. The van der Waals surface area contributed by atoms with E-state index in [2.05, 4.69) is 58.1 Å². The Morgan fingerprint density at radius 3 is 1.76 bits per heavy atom. The van der Waals surface area contributed by atoms with Crippen LogP contribution in [0.1, 0.15) is 77.0 Å². The zero-order valence-electron chi connectivity index (χ0n) is 24.6. The van der Waals surface area contributed by atoms with Gasteiger partial charge in [0.05, 0.1) is 12.0 Å². The number of hydrogen-bond donors (Lipinski definition) is 3. The number of aromatic amines is 1. The summed E-state index contributed by atoms with van der Waals surface area (Å²) < 4.78 is 0. The summed E-state index contributed by atoms with van der Waals surface area (Å²) in [5.41, 5.74) is 4.92. The fourth-order valence-corrected chi connectivity index (χ4v) is 11.6. The number of H-pyrrole nitrogens is 1. The summed E-state index contributed by atoms with van der Waals surface area (Å²) in [7, 11) is 0. The number of Topliss-reactive ketones (excluding diaryl/α,β-unsaturated/α-hetero) is 1. The summed E-state index contributed by atoms with van der Waals surface area (Å²) in [6.45, 7) is 0.440. The van der Waals surface area contributed by atoms with Gasteiger partial charge in [0.15, 0.2) is 5.78 Å². The molecule has 0 spiro atoms. The highest BCUT2D eigenvalue weighted by Gasteiger charge is 2.55. The molecule has 8 saturated carbocycles. The fourth-order valence-electron chi connectivity index (χ4n) is 11.6. The van der Waals surface area contributed by atoms with Crippen molar-refractivity contribution in [3.8, 4) is 11.3 Å². The first-order valence-corrected chi connectivity index (χ1v) is 16.7. The van der Waals surface area contributed by atoms with Gasteiger partial charge in [-0.2, -0.15) is 0 Å².